The van der Waals surface area contributed by atoms with Crippen LogP contribution in [0.2, 0.25) is 0 Å². The monoisotopic (exact) mass is 269 g/mol. The summed E-state index contributed by atoms with van der Waals surface area (Å²) in [7, 11) is 0. The number of piperazine rings is 1. The van der Waals surface area contributed by atoms with Crippen molar-refractivity contribution in [3.63, 3.8) is 0 Å². The molecule has 1 aliphatic heterocycles. The molecule has 19 heavy (non-hydrogen) atoms. The van der Waals surface area contributed by atoms with E-state index >= 15 is 0 Å². The van der Waals surface area contributed by atoms with Crippen LogP contribution in [-0.4, -0.2) is 61.7 Å². The molecule has 1 fully saturated rings. The fourth-order valence-corrected chi connectivity index (χ4v) is 2.79. The summed E-state index contributed by atoms with van der Waals surface area (Å²) in [6.07, 6.45) is 0. The lowest BCUT2D eigenvalue weighted by atomic mass is 9.92. The van der Waals surface area contributed by atoms with Crippen LogP contribution in [0.4, 0.5) is 0 Å². The van der Waals surface area contributed by atoms with E-state index in [2.05, 4.69) is 56.7 Å². The Morgan fingerprint density at radius 3 is 1.95 bits per heavy atom. The lowest BCUT2D eigenvalue weighted by molar-refractivity contribution is 0.0894. The maximum absolute atomic E-state index is 3.57. The van der Waals surface area contributed by atoms with Crippen LogP contribution >= 0.6 is 0 Å². The van der Waals surface area contributed by atoms with E-state index in [-0.39, 0.29) is 0 Å². The molecule has 0 amide bonds. The molecule has 0 unspecified atom stereocenters. The molecule has 0 saturated carbocycles. The SMILES string of the molecule is CC(C)CN1CCN(CC(C)(C)CNC(C)C)CC1. The number of hydrogen-bond acceptors (Lipinski definition) is 3. The highest BCUT2D eigenvalue weighted by Crippen LogP contribution is 2.17. The molecular formula is C16H35N3. The third-order valence-electron chi connectivity index (χ3n) is 3.73. The van der Waals surface area contributed by atoms with E-state index in [1.54, 1.807) is 0 Å². The van der Waals surface area contributed by atoms with Gasteiger partial charge in [-0.25, -0.2) is 0 Å². The van der Waals surface area contributed by atoms with Crippen molar-refractivity contribution in [2.24, 2.45) is 11.3 Å². The Balaban J connectivity index is 2.27. The molecule has 1 heterocycles. The highest BCUT2D eigenvalue weighted by Gasteiger charge is 2.25. The van der Waals surface area contributed by atoms with E-state index in [0.717, 1.165) is 12.5 Å². The minimum Gasteiger partial charge on any atom is -0.314 e. The fraction of sp³-hybridized carbons (Fsp3) is 1.00. The van der Waals surface area contributed by atoms with Crippen molar-refractivity contribution in [2.75, 3.05) is 45.8 Å². The molecule has 1 N–H and O–H groups in total. The second-order valence-electron chi connectivity index (χ2n) is 7.67. The highest BCUT2D eigenvalue weighted by molar-refractivity contribution is 4.81. The van der Waals surface area contributed by atoms with Crippen molar-refractivity contribution in [1.82, 2.24) is 15.1 Å². The molecule has 1 rings (SSSR count). The molecule has 0 spiro atoms. The predicted octanol–water partition coefficient (Wildman–Crippen LogP) is 2.28. The summed E-state index contributed by atoms with van der Waals surface area (Å²) < 4.78 is 0. The molecule has 3 heteroatoms. The van der Waals surface area contributed by atoms with Crippen molar-refractivity contribution in [2.45, 2.75) is 47.6 Å². The van der Waals surface area contributed by atoms with Crippen LogP contribution in [0.3, 0.4) is 0 Å². The Labute approximate surface area is 120 Å². The van der Waals surface area contributed by atoms with Gasteiger partial charge in [-0.05, 0) is 11.3 Å². The van der Waals surface area contributed by atoms with E-state index in [9.17, 15) is 0 Å². The summed E-state index contributed by atoms with van der Waals surface area (Å²) in [6.45, 7) is 22.4. The fourth-order valence-electron chi connectivity index (χ4n) is 2.79. The molecule has 0 aromatic carbocycles. The van der Waals surface area contributed by atoms with Crippen molar-refractivity contribution in [3.05, 3.63) is 0 Å². The third kappa shape index (κ3) is 7.28. The topological polar surface area (TPSA) is 18.5 Å². The summed E-state index contributed by atoms with van der Waals surface area (Å²) in [6, 6.07) is 0.585. The van der Waals surface area contributed by atoms with Crippen molar-refractivity contribution in [1.29, 1.82) is 0 Å². The highest BCUT2D eigenvalue weighted by atomic mass is 15.3. The van der Waals surface area contributed by atoms with Crippen LogP contribution in [0.25, 0.3) is 0 Å². The lowest BCUT2D eigenvalue weighted by Gasteiger charge is -2.39. The van der Waals surface area contributed by atoms with E-state index in [0.29, 0.717) is 11.5 Å². The number of nitrogens with one attached hydrogen (secondary N) is 1. The molecule has 0 aromatic heterocycles. The van der Waals surface area contributed by atoms with E-state index < -0.39 is 0 Å². The largest absolute Gasteiger partial charge is 0.314 e. The summed E-state index contributed by atoms with van der Waals surface area (Å²) in [4.78, 5) is 5.25. The van der Waals surface area contributed by atoms with E-state index in [1.165, 1.54) is 39.3 Å². The first-order chi connectivity index (χ1) is 8.78. The quantitative estimate of drug-likeness (QED) is 0.765. The van der Waals surface area contributed by atoms with Crippen LogP contribution in [0.5, 0.6) is 0 Å². The lowest BCUT2D eigenvalue weighted by Crippen LogP contribution is -2.51. The first kappa shape index (κ1) is 16.9. The first-order valence-corrected chi connectivity index (χ1v) is 7.96. The van der Waals surface area contributed by atoms with Gasteiger partial charge in [0.05, 0.1) is 0 Å². The van der Waals surface area contributed by atoms with Crippen molar-refractivity contribution in [3.8, 4) is 0 Å². The van der Waals surface area contributed by atoms with Gasteiger partial charge in [-0.2, -0.15) is 0 Å². The Bertz CT molecular complexity index is 240. The average molecular weight is 269 g/mol. The molecule has 3 nitrogen and oxygen atoms in total. The summed E-state index contributed by atoms with van der Waals surface area (Å²) in [5.74, 6) is 0.790. The minimum absolute atomic E-state index is 0.366. The molecule has 1 saturated heterocycles. The standard InChI is InChI=1S/C16H35N3/c1-14(2)11-18-7-9-19(10-8-18)13-16(5,6)12-17-15(3)4/h14-15,17H,7-13H2,1-6H3. The predicted molar refractivity (Wildman–Crippen MR) is 84.6 cm³/mol. The zero-order valence-electron chi connectivity index (χ0n) is 14.0. The Morgan fingerprint density at radius 1 is 0.947 bits per heavy atom. The first-order valence-electron chi connectivity index (χ1n) is 7.96. The maximum Gasteiger partial charge on any atom is 0.0110 e. The molecule has 0 radical (unpaired) electrons. The Morgan fingerprint density at radius 2 is 1.47 bits per heavy atom. The van der Waals surface area contributed by atoms with Gasteiger partial charge in [-0.15, -0.1) is 0 Å². The minimum atomic E-state index is 0.366. The Hall–Kier alpha value is -0.120. The van der Waals surface area contributed by atoms with Crippen LogP contribution in [0.1, 0.15) is 41.5 Å². The number of hydrogen-bond donors (Lipinski definition) is 1. The molecule has 0 aromatic rings. The summed E-state index contributed by atoms with van der Waals surface area (Å²) >= 11 is 0. The van der Waals surface area contributed by atoms with Crippen LogP contribution in [-0.2, 0) is 0 Å². The van der Waals surface area contributed by atoms with E-state index in [1.807, 2.05) is 0 Å². The molecule has 1 aliphatic rings. The summed E-state index contributed by atoms with van der Waals surface area (Å²) in [5, 5.41) is 3.57. The van der Waals surface area contributed by atoms with Gasteiger partial charge < -0.3 is 15.1 Å². The number of rotatable bonds is 7. The number of nitrogens with zero attached hydrogens (tertiary/aromatic N) is 2. The molecular weight excluding hydrogens is 234 g/mol. The normalized spacial score (nSPS) is 19.6. The van der Waals surface area contributed by atoms with Crippen LogP contribution < -0.4 is 5.32 Å². The van der Waals surface area contributed by atoms with Gasteiger partial charge in [0, 0.05) is 51.9 Å². The van der Waals surface area contributed by atoms with Gasteiger partial charge in [0.15, 0.2) is 0 Å². The van der Waals surface area contributed by atoms with Gasteiger partial charge in [-0.3, -0.25) is 0 Å². The summed E-state index contributed by atoms with van der Waals surface area (Å²) in [5.41, 5.74) is 0.366. The molecule has 0 aliphatic carbocycles. The third-order valence-corrected chi connectivity index (χ3v) is 3.73. The van der Waals surface area contributed by atoms with Gasteiger partial charge in [-0.1, -0.05) is 41.5 Å². The Kier molecular flexibility index (Phi) is 6.78. The van der Waals surface area contributed by atoms with Crippen molar-refractivity contribution >= 4 is 0 Å². The second kappa shape index (κ2) is 7.61. The molecule has 0 atom stereocenters. The van der Waals surface area contributed by atoms with Gasteiger partial charge >= 0.3 is 0 Å². The van der Waals surface area contributed by atoms with Gasteiger partial charge in [0.25, 0.3) is 0 Å². The molecule has 0 bridgehead atoms. The van der Waals surface area contributed by atoms with Gasteiger partial charge in [0.2, 0.25) is 0 Å². The van der Waals surface area contributed by atoms with E-state index in [4.69, 9.17) is 0 Å². The van der Waals surface area contributed by atoms with Crippen LogP contribution in [0.15, 0.2) is 0 Å². The zero-order valence-corrected chi connectivity index (χ0v) is 14.0. The molecule has 114 valence electrons. The zero-order chi connectivity index (χ0) is 14.5. The smallest absolute Gasteiger partial charge is 0.0110 e. The second-order valence-corrected chi connectivity index (χ2v) is 7.67. The average Bonchev–Trinajstić information content (AvgIpc) is 2.28. The van der Waals surface area contributed by atoms with Crippen molar-refractivity contribution < 1.29 is 0 Å². The van der Waals surface area contributed by atoms with Gasteiger partial charge in [0.1, 0.15) is 0 Å². The van der Waals surface area contributed by atoms with Crippen LogP contribution in [0, 0.1) is 11.3 Å². The maximum atomic E-state index is 3.57.